The summed E-state index contributed by atoms with van der Waals surface area (Å²) in [4.78, 5) is 14.9. The minimum Gasteiger partial charge on any atom is -0.290 e. The highest BCUT2D eigenvalue weighted by molar-refractivity contribution is 7.41. The van der Waals surface area contributed by atoms with Gasteiger partial charge in [-0.1, -0.05) is 16.2 Å². The summed E-state index contributed by atoms with van der Waals surface area (Å²) in [6, 6.07) is 3.67. The predicted molar refractivity (Wildman–Crippen MR) is 47.7 cm³/mol. The van der Waals surface area contributed by atoms with Crippen LogP contribution in [0.2, 0.25) is 0 Å². The normalized spacial score (nSPS) is 9.64. The summed E-state index contributed by atoms with van der Waals surface area (Å²) in [6.07, 6.45) is 2.51. The number of hydrogen-bond donors (Lipinski definition) is 0. The van der Waals surface area contributed by atoms with Gasteiger partial charge in [0.1, 0.15) is 0 Å². The zero-order valence-corrected chi connectivity index (χ0v) is 7.53. The van der Waals surface area contributed by atoms with Crippen molar-refractivity contribution in [3.63, 3.8) is 0 Å². The Kier molecular flexibility index (Phi) is 2.72. The average molecular weight is 167 g/mol. The maximum absolute atomic E-state index is 10.8. The molecule has 1 rings (SSSR count). The van der Waals surface area contributed by atoms with Crippen LogP contribution in [0.25, 0.3) is 0 Å². The van der Waals surface area contributed by atoms with E-state index in [1.807, 2.05) is 13.0 Å². The Labute approximate surface area is 68.2 Å². The first-order chi connectivity index (χ1) is 5.24. The minimum atomic E-state index is -0.0137. The highest BCUT2D eigenvalue weighted by atomic mass is 31.0. The molecule has 0 bridgehead atoms. The lowest BCUT2D eigenvalue weighted by Gasteiger charge is -1.96. The van der Waals surface area contributed by atoms with Gasteiger partial charge in [-0.15, -0.1) is 0 Å². The molecule has 0 fully saturated rings. The highest BCUT2D eigenvalue weighted by Gasteiger charge is 1.97. The van der Waals surface area contributed by atoms with E-state index >= 15 is 0 Å². The van der Waals surface area contributed by atoms with Gasteiger partial charge in [0.15, 0.2) is 5.52 Å². The lowest BCUT2D eigenvalue weighted by atomic mass is 10.2. The lowest BCUT2D eigenvalue weighted by molar-refractivity contribution is 0.108. The second kappa shape index (κ2) is 3.59. The SMILES string of the molecule is CCc1ccc(C(=O)P)cn1. The smallest absolute Gasteiger partial charge is 0.179 e. The first-order valence-corrected chi connectivity index (χ1v) is 4.06. The molecular formula is C8H10NOP. The van der Waals surface area contributed by atoms with Crippen molar-refractivity contribution in [1.29, 1.82) is 0 Å². The van der Waals surface area contributed by atoms with E-state index in [9.17, 15) is 4.79 Å². The predicted octanol–water partition coefficient (Wildman–Crippen LogP) is 1.66. The molecule has 0 aliphatic rings. The molecule has 0 aromatic carbocycles. The van der Waals surface area contributed by atoms with Gasteiger partial charge in [0, 0.05) is 17.5 Å². The molecule has 1 heterocycles. The largest absolute Gasteiger partial charge is 0.290 e. The highest BCUT2D eigenvalue weighted by Crippen LogP contribution is 2.05. The number of aromatic nitrogens is 1. The molecule has 2 nitrogen and oxygen atoms in total. The van der Waals surface area contributed by atoms with Crippen LogP contribution in [0.15, 0.2) is 18.3 Å². The topological polar surface area (TPSA) is 30.0 Å². The number of carbonyl (C=O) groups is 1. The summed E-state index contributed by atoms with van der Waals surface area (Å²) >= 11 is 0. The fourth-order valence-corrected chi connectivity index (χ4v) is 0.950. The molecule has 0 N–H and O–H groups in total. The van der Waals surface area contributed by atoms with Crippen LogP contribution < -0.4 is 0 Å². The Bertz CT molecular complexity index is 255. The van der Waals surface area contributed by atoms with Crippen molar-refractivity contribution in [2.75, 3.05) is 0 Å². The molecule has 0 aliphatic carbocycles. The maximum Gasteiger partial charge on any atom is 0.179 e. The molecule has 1 aromatic heterocycles. The van der Waals surface area contributed by atoms with E-state index in [0.29, 0.717) is 5.56 Å². The third-order valence-corrected chi connectivity index (χ3v) is 1.80. The zero-order chi connectivity index (χ0) is 8.27. The molecule has 0 saturated heterocycles. The van der Waals surface area contributed by atoms with E-state index in [0.717, 1.165) is 12.1 Å². The monoisotopic (exact) mass is 167 g/mol. The van der Waals surface area contributed by atoms with Gasteiger partial charge >= 0.3 is 0 Å². The Morgan fingerprint density at radius 1 is 1.64 bits per heavy atom. The van der Waals surface area contributed by atoms with Crippen molar-refractivity contribution in [3.8, 4) is 0 Å². The number of pyridine rings is 1. The summed E-state index contributed by atoms with van der Waals surface area (Å²) in [7, 11) is 2.12. The molecule has 1 unspecified atom stereocenters. The molecule has 11 heavy (non-hydrogen) atoms. The van der Waals surface area contributed by atoms with E-state index in [4.69, 9.17) is 0 Å². The number of carbonyl (C=O) groups excluding carboxylic acids is 1. The summed E-state index contributed by atoms with van der Waals surface area (Å²) in [6.45, 7) is 2.03. The molecule has 0 radical (unpaired) electrons. The summed E-state index contributed by atoms with van der Waals surface area (Å²) in [5, 5.41) is 0. The molecule has 3 heteroatoms. The minimum absolute atomic E-state index is 0.0137. The van der Waals surface area contributed by atoms with E-state index in [1.54, 1.807) is 12.3 Å². The average Bonchev–Trinajstić information content (AvgIpc) is 2.05. The zero-order valence-electron chi connectivity index (χ0n) is 6.37. The first kappa shape index (κ1) is 8.35. The van der Waals surface area contributed by atoms with Crippen molar-refractivity contribution in [2.24, 2.45) is 0 Å². The third-order valence-electron chi connectivity index (χ3n) is 1.47. The fraction of sp³-hybridized carbons (Fsp3) is 0.250. The lowest BCUT2D eigenvalue weighted by Crippen LogP contribution is -1.92. The van der Waals surface area contributed by atoms with E-state index in [-0.39, 0.29) is 5.52 Å². The second-order valence-corrected chi connectivity index (χ2v) is 2.78. The molecular weight excluding hydrogens is 157 g/mol. The van der Waals surface area contributed by atoms with Crippen LogP contribution in [-0.4, -0.2) is 10.5 Å². The van der Waals surface area contributed by atoms with Gasteiger partial charge in [-0.3, -0.25) is 9.78 Å². The Balaban J connectivity index is 2.91. The van der Waals surface area contributed by atoms with Crippen molar-refractivity contribution in [3.05, 3.63) is 29.6 Å². The fourth-order valence-electron chi connectivity index (χ4n) is 0.779. The van der Waals surface area contributed by atoms with Gasteiger partial charge in [0.05, 0.1) is 0 Å². The summed E-state index contributed by atoms with van der Waals surface area (Å²) in [5.41, 5.74) is 1.65. The first-order valence-electron chi connectivity index (χ1n) is 3.48. The molecule has 0 aliphatic heterocycles. The van der Waals surface area contributed by atoms with Gasteiger partial charge < -0.3 is 0 Å². The van der Waals surface area contributed by atoms with Crippen LogP contribution in [0.5, 0.6) is 0 Å². The van der Waals surface area contributed by atoms with Crippen LogP contribution >= 0.6 is 9.24 Å². The number of nitrogens with zero attached hydrogens (tertiary/aromatic N) is 1. The van der Waals surface area contributed by atoms with Crippen molar-refractivity contribution >= 4 is 14.8 Å². The Hall–Kier alpha value is -0.750. The number of rotatable bonds is 2. The van der Waals surface area contributed by atoms with Crippen molar-refractivity contribution < 1.29 is 4.79 Å². The van der Waals surface area contributed by atoms with Gasteiger partial charge in [0.2, 0.25) is 0 Å². The van der Waals surface area contributed by atoms with Crippen LogP contribution in [-0.2, 0) is 6.42 Å². The van der Waals surface area contributed by atoms with E-state index in [1.165, 1.54) is 0 Å². The maximum atomic E-state index is 10.8. The van der Waals surface area contributed by atoms with Gasteiger partial charge in [-0.2, -0.15) is 0 Å². The van der Waals surface area contributed by atoms with Crippen LogP contribution in [0.1, 0.15) is 23.0 Å². The molecule has 58 valence electrons. The Morgan fingerprint density at radius 3 is 2.73 bits per heavy atom. The summed E-state index contributed by atoms with van der Waals surface area (Å²) in [5.74, 6) is 0. The van der Waals surface area contributed by atoms with Crippen LogP contribution in [0, 0.1) is 0 Å². The van der Waals surface area contributed by atoms with Crippen molar-refractivity contribution in [1.82, 2.24) is 4.98 Å². The van der Waals surface area contributed by atoms with Gasteiger partial charge in [0.25, 0.3) is 0 Å². The standard InChI is InChI=1S/C8H10NOP/c1-2-7-4-3-6(5-9-7)8(10)11/h3-5H,2,11H2,1H3. The molecule has 1 aromatic rings. The van der Waals surface area contributed by atoms with Crippen molar-refractivity contribution in [2.45, 2.75) is 13.3 Å². The van der Waals surface area contributed by atoms with Crippen LogP contribution in [0.4, 0.5) is 0 Å². The third kappa shape index (κ3) is 2.09. The summed E-state index contributed by atoms with van der Waals surface area (Å²) < 4.78 is 0. The van der Waals surface area contributed by atoms with Crippen LogP contribution in [0.3, 0.4) is 0 Å². The van der Waals surface area contributed by atoms with E-state index < -0.39 is 0 Å². The number of hydrogen-bond acceptors (Lipinski definition) is 2. The second-order valence-electron chi connectivity index (χ2n) is 2.26. The molecule has 0 saturated carbocycles. The van der Waals surface area contributed by atoms with Gasteiger partial charge in [-0.25, -0.2) is 0 Å². The Morgan fingerprint density at radius 2 is 2.36 bits per heavy atom. The number of aryl methyl sites for hydroxylation is 1. The molecule has 1 atom stereocenters. The molecule has 0 spiro atoms. The van der Waals surface area contributed by atoms with E-state index in [2.05, 4.69) is 14.2 Å². The molecule has 0 amide bonds. The quantitative estimate of drug-likeness (QED) is 0.627. The van der Waals surface area contributed by atoms with Gasteiger partial charge in [-0.05, 0) is 18.6 Å².